The van der Waals surface area contributed by atoms with Crippen molar-refractivity contribution in [2.24, 2.45) is 12.1 Å². The van der Waals surface area contributed by atoms with Gasteiger partial charge in [0, 0.05) is 7.05 Å². The molecule has 8 nitrogen and oxygen atoms in total. The number of imidazole rings is 1. The van der Waals surface area contributed by atoms with E-state index in [0.29, 0.717) is 17.1 Å². The third kappa shape index (κ3) is 2.45. The Morgan fingerprint density at radius 2 is 1.86 bits per heavy atom. The van der Waals surface area contributed by atoms with Gasteiger partial charge in [0.15, 0.2) is 11.2 Å². The van der Waals surface area contributed by atoms with Crippen LogP contribution in [0.25, 0.3) is 21.9 Å². The van der Waals surface area contributed by atoms with E-state index in [2.05, 4.69) is 15.5 Å². The predicted octanol–water partition coefficient (Wildman–Crippen LogP) is 2.46. The fourth-order valence-corrected chi connectivity index (χ4v) is 3.95. The number of nitrogens with one attached hydrogen (secondary N) is 1. The first kappa shape index (κ1) is 17.4. The van der Waals surface area contributed by atoms with Crippen LogP contribution in [0.5, 0.6) is 0 Å². The summed E-state index contributed by atoms with van der Waals surface area (Å²) in [7, 11) is 1.64. The second-order valence-corrected chi connectivity index (χ2v) is 7.39. The molecule has 1 N–H and O–H groups in total. The van der Waals surface area contributed by atoms with Crippen LogP contribution >= 0.6 is 0 Å². The van der Waals surface area contributed by atoms with E-state index < -0.39 is 5.69 Å². The van der Waals surface area contributed by atoms with Gasteiger partial charge in [0.25, 0.3) is 5.56 Å². The van der Waals surface area contributed by atoms with Gasteiger partial charge in [0.1, 0.15) is 0 Å². The summed E-state index contributed by atoms with van der Waals surface area (Å²) in [5, 5.41) is 6.34. The molecule has 0 spiro atoms. The molecule has 0 unspecified atom stereocenters. The van der Waals surface area contributed by atoms with E-state index in [4.69, 9.17) is 0 Å². The topological polar surface area (TPSA) is 86.2 Å². The molecular weight excluding hydrogens is 368 g/mol. The highest BCUT2D eigenvalue weighted by Crippen LogP contribution is 2.26. The Kier molecular flexibility index (Phi) is 3.70. The maximum absolute atomic E-state index is 13.4. The smallest absolute Gasteiger partial charge is 0.294 e. The van der Waals surface area contributed by atoms with Crippen LogP contribution < -0.4 is 16.7 Å². The van der Waals surface area contributed by atoms with E-state index in [9.17, 15) is 9.59 Å². The van der Waals surface area contributed by atoms with Crippen LogP contribution in [0.1, 0.15) is 25.5 Å². The molecule has 0 aliphatic carbocycles. The van der Waals surface area contributed by atoms with Crippen molar-refractivity contribution in [2.45, 2.75) is 26.4 Å². The van der Waals surface area contributed by atoms with Crippen LogP contribution in [0.2, 0.25) is 0 Å². The van der Waals surface area contributed by atoms with Crippen molar-refractivity contribution in [1.29, 1.82) is 0 Å². The Labute approximate surface area is 165 Å². The van der Waals surface area contributed by atoms with Crippen molar-refractivity contribution in [3.63, 3.8) is 0 Å². The first-order valence-corrected chi connectivity index (χ1v) is 9.46. The van der Waals surface area contributed by atoms with Crippen LogP contribution in [0, 0.1) is 0 Å². The summed E-state index contributed by atoms with van der Waals surface area (Å²) in [6.45, 7) is 4.05. The second kappa shape index (κ2) is 6.16. The van der Waals surface area contributed by atoms with E-state index >= 15 is 0 Å². The lowest BCUT2D eigenvalue weighted by molar-refractivity contribution is 0.647. The molecule has 0 radical (unpaired) electrons. The van der Waals surface area contributed by atoms with Gasteiger partial charge in [0.2, 0.25) is 5.95 Å². The van der Waals surface area contributed by atoms with E-state index in [-0.39, 0.29) is 18.1 Å². The normalized spacial score (nSPS) is 16.0. The van der Waals surface area contributed by atoms with Gasteiger partial charge in [-0.1, -0.05) is 42.5 Å². The van der Waals surface area contributed by atoms with Crippen LogP contribution in [-0.2, 0) is 13.6 Å². The number of hydrazone groups is 1. The van der Waals surface area contributed by atoms with Crippen LogP contribution in [0.4, 0.5) is 5.95 Å². The lowest BCUT2D eigenvalue weighted by Crippen LogP contribution is -2.40. The molecule has 4 aromatic rings. The highest BCUT2D eigenvalue weighted by atomic mass is 16.2. The third-order valence-corrected chi connectivity index (χ3v) is 5.71. The minimum absolute atomic E-state index is 0.132. The Hall–Kier alpha value is -3.68. The molecule has 0 amide bonds. The van der Waals surface area contributed by atoms with Crippen molar-refractivity contribution < 1.29 is 0 Å². The Morgan fingerprint density at radius 3 is 2.69 bits per heavy atom. The van der Waals surface area contributed by atoms with Crippen molar-refractivity contribution >= 4 is 33.6 Å². The fraction of sp³-hybridized carbons (Fsp3) is 0.238. The largest absolute Gasteiger partial charge is 0.332 e. The number of hydrogen-bond donors (Lipinski definition) is 1. The molecule has 1 aliphatic heterocycles. The van der Waals surface area contributed by atoms with Gasteiger partial charge in [-0.05, 0) is 30.2 Å². The molecule has 8 heteroatoms. The molecule has 2 aromatic carbocycles. The van der Waals surface area contributed by atoms with Gasteiger partial charge in [-0.3, -0.25) is 18.5 Å². The number of rotatable bonds is 2. The number of benzene rings is 2. The fourth-order valence-electron chi connectivity index (χ4n) is 3.95. The average molecular weight is 388 g/mol. The molecule has 5 rings (SSSR count). The molecule has 0 fully saturated rings. The minimum atomic E-state index is -0.392. The zero-order valence-electron chi connectivity index (χ0n) is 16.4. The Morgan fingerprint density at radius 1 is 1.10 bits per heavy atom. The summed E-state index contributed by atoms with van der Waals surface area (Å²) >= 11 is 0. The second-order valence-electron chi connectivity index (χ2n) is 7.39. The number of aromatic nitrogens is 4. The van der Waals surface area contributed by atoms with Crippen LogP contribution in [0.15, 0.2) is 57.2 Å². The monoisotopic (exact) mass is 388 g/mol. The Balaban J connectivity index is 1.77. The first-order valence-electron chi connectivity index (χ1n) is 9.46. The third-order valence-electron chi connectivity index (χ3n) is 5.71. The molecular formula is C21H20N6O2. The number of aryl methyl sites for hydroxylation is 1. The molecule has 1 atom stereocenters. The van der Waals surface area contributed by atoms with Gasteiger partial charge >= 0.3 is 5.69 Å². The summed E-state index contributed by atoms with van der Waals surface area (Å²) in [5.41, 5.74) is 4.65. The number of anilines is 1. The predicted molar refractivity (Wildman–Crippen MR) is 114 cm³/mol. The van der Waals surface area contributed by atoms with Gasteiger partial charge in [0.05, 0.1) is 18.3 Å². The molecule has 1 aliphatic rings. The number of hydrogen-bond acceptors (Lipinski definition) is 5. The zero-order chi connectivity index (χ0) is 20.3. The molecule has 2 aromatic heterocycles. The zero-order valence-corrected chi connectivity index (χ0v) is 16.4. The first-order chi connectivity index (χ1) is 14.0. The van der Waals surface area contributed by atoms with Crippen LogP contribution in [0.3, 0.4) is 0 Å². The minimum Gasteiger partial charge on any atom is -0.294 e. The molecule has 146 valence electrons. The molecule has 29 heavy (non-hydrogen) atoms. The highest BCUT2D eigenvalue weighted by Gasteiger charge is 2.26. The van der Waals surface area contributed by atoms with Gasteiger partial charge in [-0.25, -0.2) is 10.2 Å². The summed E-state index contributed by atoms with van der Waals surface area (Å²) in [6.07, 6.45) is 0. The van der Waals surface area contributed by atoms with Crippen molar-refractivity contribution in [1.82, 2.24) is 18.7 Å². The molecule has 0 saturated heterocycles. The molecule has 0 saturated carbocycles. The molecule has 0 bridgehead atoms. The summed E-state index contributed by atoms with van der Waals surface area (Å²) in [4.78, 5) is 30.9. The van der Waals surface area contributed by atoms with Crippen molar-refractivity contribution in [3.8, 4) is 0 Å². The summed E-state index contributed by atoms with van der Waals surface area (Å²) in [5.74, 6) is 0.466. The Bertz CT molecular complexity index is 1430. The SMILES string of the molecule is CC1=NNc2nc3c(c(=O)n(Cc4cccc5ccccc45)c(=O)n3C)n2[C@H]1C. The van der Waals surface area contributed by atoms with E-state index in [0.717, 1.165) is 22.0 Å². The maximum Gasteiger partial charge on any atom is 0.332 e. The summed E-state index contributed by atoms with van der Waals surface area (Å²) in [6, 6.07) is 13.7. The van der Waals surface area contributed by atoms with E-state index in [1.807, 2.05) is 60.9 Å². The molecule has 3 heterocycles. The van der Waals surface area contributed by atoms with Crippen molar-refractivity contribution in [3.05, 3.63) is 68.9 Å². The lowest BCUT2D eigenvalue weighted by atomic mass is 10.0. The quantitative estimate of drug-likeness (QED) is 0.572. The summed E-state index contributed by atoms with van der Waals surface area (Å²) < 4.78 is 4.53. The average Bonchev–Trinajstić information content (AvgIpc) is 3.13. The van der Waals surface area contributed by atoms with E-state index in [1.54, 1.807) is 7.05 Å². The number of fused-ring (bicyclic) bond motifs is 4. The number of nitrogens with zero attached hydrogens (tertiary/aromatic N) is 5. The van der Waals surface area contributed by atoms with Gasteiger partial charge < -0.3 is 0 Å². The van der Waals surface area contributed by atoms with Gasteiger partial charge in [-0.15, -0.1) is 0 Å². The van der Waals surface area contributed by atoms with E-state index in [1.165, 1.54) is 9.13 Å². The van der Waals surface area contributed by atoms with Crippen molar-refractivity contribution in [2.75, 3.05) is 5.43 Å². The standard InChI is InChI=1S/C21H20N6O2/c1-12-13(2)27-17-18(22-20(27)24-23-12)25(3)21(29)26(19(17)28)11-15-9-6-8-14-7-4-5-10-16(14)15/h4-10,13H,11H2,1-3H3,(H,22,24)/t13-/m0/s1. The van der Waals surface area contributed by atoms with Gasteiger partial charge in [-0.2, -0.15) is 10.1 Å². The maximum atomic E-state index is 13.4. The lowest BCUT2D eigenvalue weighted by Gasteiger charge is -2.21. The highest BCUT2D eigenvalue weighted by molar-refractivity contribution is 5.90. The van der Waals surface area contributed by atoms with Crippen LogP contribution in [-0.4, -0.2) is 24.4 Å².